The third-order valence-corrected chi connectivity index (χ3v) is 2.24. The summed E-state index contributed by atoms with van der Waals surface area (Å²) in [5, 5.41) is 17.9. The van der Waals surface area contributed by atoms with Gasteiger partial charge in [0.25, 0.3) is 0 Å². The number of hydrogen-bond acceptors (Lipinski definition) is 3. The summed E-state index contributed by atoms with van der Waals surface area (Å²) in [7, 11) is 1.54. The Bertz CT molecular complexity index is 421. The van der Waals surface area contributed by atoms with Crippen LogP contribution in [0.25, 0.3) is 0 Å². The number of benzene rings is 1. The minimum absolute atomic E-state index is 0.191. The number of likely N-dealkylation sites (N-methyl/N-ethyl adjacent to an activating group) is 1. The average Bonchev–Trinajstić information content (AvgIpc) is 2.19. The predicted molar refractivity (Wildman–Crippen MR) is 61.0 cm³/mol. The van der Waals surface area contributed by atoms with E-state index < -0.39 is 5.97 Å². The largest absolute Gasteiger partial charge is 0.480 e. The van der Waals surface area contributed by atoms with Crippen LogP contribution in [0.15, 0.2) is 28.5 Å². The van der Waals surface area contributed by atoms with E-state index in [4.69, 9.17) is 16.7 Å². The van der Waals surface area contributed by atoms with Crippen LogP contribution in [0.1, 0.15) is 5.56 Å². The summed E-state index contributed by atoms with van der Waals surface area (Å²) in [6, 6.07) is 5.27. The molecule has 0 fully saturated rings. The number of carboxylic acids is 1. The van der Waals surface area contributed by atoms with Crippen molar-refractivity contribution < 1.29 is 9.90 Å². The molecule has 0 saturated carbocycles. The van der Waals surface area contributed by atoms with Crippen molar-refractivity contribution in [2.75, 3.05) is 13.6 Å². The zero-order valence-electron chi connectivity index (χ0n) is 9.01. The number of rotatable bonds is 4. The maximum absolute atomic E-state index is 10.4. The highest BCUT2D eigenvalue weighted by Gasteiger charge is 2.01. The number of halogens is 1. The summed E-state index contributed by atoms with van der Waals surface area (Å²) in [6.45, 7) is 1.70. The summed E-state index contributed by atoms with van der Waals surface area (Å²) in [4.78, 5) is 10.4. The fourth-order valence-corrected chi connectivity index (χ4v) is 1.17. The highest BCUT2D eigenvalue weighted by molar-refractivity contribution is 6.31. The first-order valence-electron chi connectivity index (χ1n) is 4.60. The molecule has 0 saturated heterocycles. The number of aliphatic carboxylic acids is 1. The topological polar surface area (TPSA) is 65.3 Å². The molecule has 0 aromatic heterocycles. The molecule has 0 bridgehead atoms. The van der Waals surface area contributed by atoms with Crippen molar-refractivity contribution in [1.29, 1.82) is 0 Å². The molecule has 5 nitrogen and oxygen atoms in total. The second-order valence-corrected chi connectivity index (χ2v) is 3.74. The zero-order chi connectivity index (χ0) is 12.1. The molecular formula is C10H12ClN3O2. The predicted octanol–water partition coefficient (Wildman–Crippen LogP) is 2.66. The highest BCUT2D eigenvalue weighted by Crippen LogP contribution is 2.22. The van der Waals surface area contributed by atoms with Crippen LogP contribution < -0.4 is 0 Å². The lowest BCUT2D eigenvalue weighted by molar-refractivity contribution is -0.138. The van der Waals surface area contributed by atoms with Crippen LogP contribution in [0.4, 0.5) is 5.69 Å². The lowest BCUT2D eigenvalue weighted by Crippen LogP contribution is -2.19. The third-order valence-electron chi connectivity index (χ3n) is 1.83. The Labute approximate surface area is 98.3 Å². The fraction of sp³-hybridized carbons (Fsp3) is 0.300. The molecule has 6 heteroatoms. The number of aryl methyl sites for hydroxylation is 1. The van der Waals surface area contributed by atoms with Crippen LogP contribution in [0.2, 0.25) is 5.02 Å². The maximum Gasteiger partial charge on any atom is 0.324 e. The van der Waals surface area contributed by atoms with Gasteiger partial charge in [-0.25, -0.2) is 0 Å². The molecule has 1 aromatic carbocycles. The summed E-state index contributed by atoms with van der Waals surface area (Å²) in [5.74, 6) is -0.955. The normalized spacial score (nSPS) is 10.7. The van der Waals surface area contributed by atoms with Crippen LogP contribution in [-0.4, -0.2) is 29.7 Å². The van der Waals surface area contributed by atoms with Gasteiger partial charge >= 0.3 is 5.97 Å². The first-order valence-corrected chi connectivity index (χ1v) is 4.97. The van der Waals surface area contributed by atoms with E-state index in [0.29, 0.717) is 10.7 Å². The minimum atomic E-state index is -0.955. The molecule has 86 valence electrons. The Morgan fingerprint density at radius 2 is 2.25 bits per heavy atom. The first-order chi connectivity index (χ1) is 7.49. The van der Waals surface area contributed by atoms with Crippen molar-refractivity contribution in [2.24, 2.45) is 10.3 Å². The Morgan fingerprint density at radius 3 is 2.81 bits per heavy atom. The van der Waals surface area contributed by atoms with E-state index in [2.05, 4.69) is 10.3 Å². The Hall–Kier alpha value is -1.62. The SMILES string of the molecule is Cc1ccc(N=NN(C)CC(=O)O)cc1Cl. The van der Waals surface area contributed by atoms with Gasteiger partial charge in [-0.1, -0.05) is 22.9 Å². The number of carboxylic acid groups (broad SMARTS) is 1. The van der Waals surface area contributed by atoms with Crippen molar-refractivity contribution in [3.63, 3.8) is 0 Å². The number of hydrogen-bond donors (Lipinski definition) is 1. The summed E-state index contributed by atoms with van der Waals surface area (Å²) < 4.78 is 0. The monoisotopic (exact) mass is 241 g/mol. The Morgan fingerprint density at radius 1 is 1.56 bits per heavy atom. The quantitative estimate of drug-likeness (QED) is 0.651. The molecule has 1 aromatic rings. The summed E-state index contributed by atoms with van der Waals surface area (Å²) in [6.07, 6.45) is 0. The Kier molecular flexibility index (Phi) is 4.25. The van der Waals surface area contributed by atoms with Gasteiger partial charge in [0.05, 0.1) is 5.69 Å². The molecule has 1 rings (SSSR count). The number of nitrogens with zero attached hydrogens (tertiary/aromatic N) is 3. The smallest absolute Gasteiger partial charge is 0.324 e. The highest BCUT2D eigenvalue weighted by atomic mass is 35.5. The molecule has 0 aliphatic heterocycles. The first kappa shape index (κ1) is 12.4. The van der Waals surface area contributed by atoms with Gasteiger partial charge < -0.3 is 5.11 Å². The summed E-state index contributed by atoms with van der Waals surface area (Å²) in [5.41, 5.74) is 1.55. The second-order valence-electron chi connectivity index (χ2n) is 3.33. The molecule has 0 unspecified atom stereocenters. The molecule has 16 heavy (non-hydrogen) atoms. The van der Waals surface area contributed by atoms with Crippen LogP contribution >= 0.6 is 11.6 Å². The lowest BCUT2D eigenvalue weighted by atomic mass is 10.2. The van der Waals surface area contributed by atoms with E-state index >= 15 is 0 Å². The van der Waals surface area contributed by atoms with Crippen molar-refractivity contribution >= 4 is 23.3 Å². The van der Waals surface area contributed by atoms with E-state index in [9.17, 15) is 4.79 Å². The molecule has 0 aliphatic rings. The molecule has 0 amide bonds. The second kappa shape index (κ2) is 5.46. The van der Waals surface area contributed by atoms with Crippen molar-refractivity contribution in [1.82, 2.24) is 5.01 Å². The van der Waals surface area contributed by atoms with Crippen LogP contribution in [0.3, 0.4) is 0 Å². The van der Waals surface area contributed by atoms with Gasteiger partial charge in [-0.3, -0.25) is 9.80 Å². The Balaban J connectivity index is 2.69. The summed E-state index contributed by atoms with van der Waals surface area (Å²) >= 11 is 5.90. The molecule has 0 heterocycles. The van der Waals surface area contributed by atoms with Crippen LogP contribution in [-0.2, 0) is 4.79 Å². The van der Waals surface area contributed by atoms with Gasteiger partial charge in [-0.15, -0.1) is 5.11 Å². The van der Waals surface area contributed by atoms with Gasteiger partial charge in [-0.05, 0) is 24.6 Å². The van der Waals surface area contributed by atoms with Gasteiger partial charge in [0.2, 0.25) is 0 Å². The van der Waals surface area contributed by atoms with Gasteiger partial charge in [-0.2, -0.15) is 0 Å². The maximum atomic E-state index is 10.4. The van der Waals surface area contributed by atoms with E-state index in [1.807, 2.05) is 13.0 Å². The number of carbonyl (C=O) groups is 1. The standard InChI is InChI=1S/C10H12ClN3O2/c1-7-3-4-8(5-9(7)11)12-13-14(2)6-10(15)16/h3-5H,6H2,1-2H3,(H,15,16). The molecule has 0 atom stereocenters. The molecule has 0 spiro atoms. The van der Waals surface area contributed by atoms with E-state index in [1.165, 1.54) is 12.1 Å². The molecule has 0 aliphatic carbocycles. The average molecular weight is 242 g/mol. The van der Waals surface area contributed by atoms with Crippen molar-refractivity contribution in [3.05, 3.63) is 28.8 Å². The van der Waals surface area contributed by atoms with Crippen LogP contribution in [0, 0.1) is 6.92 Å². The zero-order valence-corrected chi connectivity index (χ0v) is 9.77. The van der Waals surface area contributed by atoms with Crippen LogP contribution in [0.5, 0.6) is 0 Å². The molecule has 1 N–H and O–H groups in total. The fourth-order valence-electron chi connectivity index (χ4n) is 0.999. The third kappa shape index (κ3) is 3.86. The van der Waals surface area contributed by atoms with Gasteiger partial charge in [0.15, 0.2) is 0 Å². The van der Waals surface area contributed by atoms with Crippen molar-refractivity contribution in [2.45, 2.75) is 6.92 Å². The van der Waals surface area contributed by atoms with E-state index in [-0.39, 0.29) is 6.54 Å². The lowest BCUT2D eigenvalue weighted by Gasteiger charge is -2.06. The molecular weight excluding hydrogens is 230 g/mol. The van der Waals surface area contributed by atoms with E-state index in [0.717, 1.165) is 5.56 Å². The van der Waals surface area contributed by atoms with Gasteiger partial charge in [0, 0.05) is 12.1 Å². The minimum Gasteiger partial charge on any atom is -0.480 e. The molecule has 0 radical (unpaired) electrons. The van der Waals surface area contributed by atoms with Crippen molar-refractivity contribution in [3.8, 4) is 0 Å². The van der Waals surface area contributed by atoms with Gasteiger partial charge in [0.1, 0.15) is 6.54 Å². The van der Waals surface area contributed by atoms with E-state index in [1.54, 1.807) is 12.1 Å².